The minimum atomic E-state index is 0.170. The van der Waals surface area contributed by atoms with E-state index in [1.54, 1.807) is 7.11 Å². The first kappa shape index (κ1) is 19.2. The summed E-state index contributed by atoms with van der Waals surface area (Å²) in [7, 11) is 1.66. The summed E-state index contributed by atoms with van der Waals surface area (Å²) in [6.07, 6.45) is 0.869. The third-order valence-electron chi connectivity index (χ3n) is 3.82. The lowest BCUT2D eigenvalue weighted by Gasteiger charge is -2.13. The van der Waals surface area contributed by atoms with Gasteiger partial charge in [0.2, 0.25) is 0 Å². The molecule has 0 spiro atoms. The Morgan fingerprint density at radius 3 is 2.44 bits per heavy atom. The smallest absolute Gasteiger partial charge is 0.161 e. The van der Waals surface area contributed by atoms with Crippen LogP contribution in [0.15, 0.2) is 48.5 Å². The van der Waals surface area contributed by atoms with Crippen molar-refractivity contribution in [1.29, 1.82) is 0 Å². The van der Waals surface area contributed by atoms with E-state index in [0.29, 0.717) is 13.2 Å². The van der Waals surface area contributed by atoms with Gasteiger partial charge in [-0.2, -0.15) is 0 Å². The molecule has 0 saturated carbocycles. The highest BCUT2D eigenvalue weighted by Crippen LogP contribution is 2.28. The largest absolute Gasteiger partial charge is 0.493 e. The monoisotopic (exact) mass is 344 g/mol. The van der Waals surface area contributed by atoms with Crippen molar-refractivity contribution >= 4 is 0 Å². The van der Waals surface area contributed by atoms with Crippen LogP contribution >= 0.6 is 0 Å². The Morgan fingerprint density at radius 1 is 0.880 bits per heavy atom. The zero-order chi connectivity index (χ0) is 17.7. The average molecular weight is 344 g/mol. The summed E-state index contributed by atoms with van der Waals surface area (Å²) >= 11 is 0. The highest BCUT2D eigenvalue weighted by atomic mass is 16.5. The van der Waals surface area contributed by atoms with E-state index in [-0.39, 0.29) is 6.61 Å². The zero-order valence-electron chi connectivity index (χ0n) is 14.8. The second-order valence-electron chi connectivity index (χ2n) is 5.72. The van der Waals surface area contributed by atoms with Gasteiger partial charge in [0.05, 0.1) is 20.3 Å². The minimum Gasteiger partial charge on any atom is -0.493 e. The van der Waals surface area contributed by atoms with Crippen LogP contribution in [0.1, 0.15) is 11.1 Å². The van der Waals surface area contributed by atoms with Gasteiger partial charge in [0.15, 0.2) is 11.5 Å². The second kappa shape index (κ2) is 11.5. The van der Waals surface area contributed by atoms with Gasteiger partial charge in [0.25, 0.3) is 0 Å². The highest BCUT2D eigenvalue weighted by molar-refractivity contribution is 5.43. The SMILES string of the molecule is COc1cc(CNCCNCCO)ccc1OCCc1ccccc1. The molecule has 0 fully saturated rings. The van der Waals surface area contributed by atoms with Gasteiger partial charge in [-0.05, 0) is 23.3 Å². The Balaban J connectivity index is 1.78. The number of hydrogen-bond donors (Lipinski definition) is 3. The van der Waals surface area contributed by atoms with Gasteiger partial charge in [0.1, 0.15) is 0 Å². The molecule has 0 saturated heterocycles. The van der Waals surface area contributed by atoms with E-state index in [0.717, 1.165) is 43.1 Å². The molecule has 2 aromatic rings. The Labute approximate surface area is 150 Å². The lowest BCUT2D eigenvalue weighted by molar-refractivity contribution is 0.292. The molecule has 0 aliphatic heterocycles. The average Bonchev–Trinajstić information content (AvgIpc) is 2.66. The zero-order valence-corrected chi connectivity index (χ0v) is 14.8. The van der Waals surface area contributed by atoms with Crippen LogP contribution in [0.5, 0.6) is 11.5 Å². The van der Waals surface area contributed by atoms with Crippen molar-refractivity contribution in [3.05, 3.63) is 59.7 Å². The quantitative estimate of drug-likeness (QED) is 0.514. The van der Waals surface area contributed by atoms with Crippen LogP contribution in [0.2, 0.25) is 0 Å². The fourth-order valence-corrected chi connectivity index (χ4v) is 2.48. The Hall–Kier alpha value is -2.08. The number of benzene rings is 2. The number of methoxy groups -OCH3 is 1. The lowest BCUT2D eigenvalue weighted by atomic mass is 10.1. The predicted octanol–water partition coefficient (Wildman–Crippen LogP) is 1.99. The van der Waals surface area contributed by atoms with Crippen LogP contribution in [0.4, 0.5) is 0 Å². The molecule has 0 amide bonds. The fraction of sp³-hybridized carbons (Fsp3) is 0.400. The van der Waals surface area contributed by atoms with Crippen molar-refractivity contribution in [1.82, 2.24) is 10.6 Å². The van der Waals surface area contributed by atoms with Crippen LogP contribution in [0.25, 0.3) is 0 Å². The molecule has 0 atom stereocenters. The molecule has 2 rings (SSSR count). The van der Waals surface area contributed by atoms with Gasteiger partial charge in [-0.1, -0.05) is 36.4 Å². The first-order valence-corrected chi connectivity index (χ1v) is 8.69. The topological polar surface area (TPSA) is 62.8 Å². The van der Waals surface area contributed by atoms with E-state index < -0.39 is 0 Å². The molecule has 2 aromatic carbocycles. The molecule has 5 nitrogen and oxygen atoms in total. The molecule has 25 heavy (non-hydrogen) atoms. The summed E-state index contributed by atoms with van der Waals surface area (Å²) in [5.41, 5.74) is 2.41. The first-order valence-electron chi connectivity index (χ1n) is 8.69. The van der Waals surface area contributed by atoms with Gasteiger partial charge < -0.3 is 25.2 Å². The molecule has 0 aromatic heterocycles. The molecule has 0 heterocycles. The maximum Gasteiger partial charge on any atom is 0.161 e. The van der Waals surface area contributed by atoms with Crippen molar-refractivity contribution in [2.24, 2.45) is 0 Å². The van der Waals surface area contributed by atoms with Crippen LogP contribution in [0.3, 0.4) is 0 Å². The fourth-order valence-electron chi connectivity index (χ4n) is 2.48. The number of aliphatic hydroxyl groups is 1. The van der Waals surface area contributed by atoms with Crippen molar-refractivity contribution in [2.75, 3.05) is 40.0 Å². The molecular weight excluding hydrogens is 316 g/mol. The second-order valence-corrected chi connectivity index (χ2v) is 5.72. The van der Waals surface area contributed by atoms with Gasteiger partial charge in [-0.25, -0.2) is 0 Å². The van der Waals surface area contributed by atoms with Crippen LogP contribution in [0, 0.1) is 0 Å². The lowest BCUT2D eigenvalue weighted by Crippen LogP contribution is -2.28. The van der Waals surface area contributed by atoms with Gasteiger partial charge in [-0.3, -0.25) is 0 Å². The number of nitrogens with one attached hydrogen (secondary N) is 2. The molecule has 0 bridgehead atoms. The number of ether oxygens (including phenoxy) is 2. The van der Waals surface area contributed by atoms with E-state index >= 15 is 0 Å². The number of aliphatic hydroxyl groups excluding tert-OH is 1. The third-order valence-corrected chi connectivity index (χ3v) is 3.82. The Morgan fingerprint density at radius 2 is 1.68 bits per heavy atom. The Kier molecular flexibility index (Phi) is 8.83. The maximum atomic E-state index is 8.70. The van der Waals surface area contributed by atoms with Gasteiger partial charge >= 0.3 is 0 Å². The predicted molar refractivity (Wildman–Crippen MR) is 100 cm³/mol. The van der Waals surface area contributed by atoms with Crippen molar-refractivity contribution in [3.63, 3.8) is 0 Å². The first-order chi connectivity index (χ1) is 12.3. The van der Waals surface area contributed by atoms with Crippen LogP contribution < -0.4 is 20.1 Å². The summed E-state index contributed by atoms with van der Waals surface area (Å²) in [5, 5.41) is 15.2. The summed E-state index contributed by atoms with van der Waals surface area (Å²) in [4.78, 5) is 0. The van der Waals surface area contributed by atoms with E-state index in [1.807, 2.05) is 30.3 Å². The van der Waals surface area contributed by atoms with E-state index in [2.05, 4.69) is 28.8 Å². The molecule has 3 N–H and O–H groups in total. The van der Waals surface area contributed by atoms with Crippen LogP contribution in [-0.4, -0.2) is 45.1 Å². The molecule has 5 heteroatoms. The third kappa shape index (κ3) is 7.13. The highest BCUT2D eigenvalue weighted by Gasteiger charge is 2.06. The Bertz CT molecular complexity index is 605. The maximum absolute atomic E-state index is 8.70. The van der Waals surface area contributed by atoms with E-state index in [9.17, 15) is 0 Å². The van der Waals surface area contributed by atoms with E-state index in [4.69, 9.17) is 14.6 Å². The molecule has 0 aliphatic rings. The molecule has 0 radical (unpaired) electrons. The molecule has 0 unspecified atom stereocenters. The normalized spacial score (nSPS) is 10.6. The minimum absolute atomic E-state index is 0.170. The summed E-state index contributed by atoms with van der Waals surface area (Å²) < 4.78 is 11.3. The van der Waals surface area contributed by atoms with Crippen molar-refractivity contribution in [2.45, 2.75) is 13.0 Å². The number of hydrogen-bond acceptors (Lipinski definition) is 5. The van der Waals surface area contributed by atoms with Crippen molar-refractivity contribution < 1.29 is 14.6 Å². The standard InChI is InChI=1S/C20H28N2O3/c1-24-20-15-18(16-22-11-10-21-12-13-23)7-8-19(20)25-14-9-17-5-3-2-4-6-17/h2-8,15,21-23H,9-14,16H2,1H3. The number of rotatable bonds is 12. The van der Waals surface area contributed by atoms with Gasteiger partial charge in [0, 0.05) is 32.6 Å². The summed E-state index contributed by atoms with van der Waals surface area (Å²) in [6, 6.07) is 16.3. The summed E-state index contributed by atoms with van der Waals surface area (Å²) in [5.74, 6) is 1.53. The van der Waals surface area contributed by atoms with Gasteiger partial charge in [-0.15, -0.1) is 0 Å². The molecule has 136 valence electrons. The summed E-state index contributed by atoms with van der Waals surface area (Å²) in [6.45, 7) is 3.86. The van der Waals surface area contributed by atoms with Crippen molar-refractivity contribution in [3.8, 4) is 11.5 Å². The van der Waals surface area contributed by atoms with Crippen LogP contribution in [-0.2, 0) is 13.0 Å². The molecular formula is C20H28N2O3. The van der Waals surface area contributed by atoms with E-state index in [1.165, 1.54) is 5.56 Å². The molecule has 0 aliphatic carbocycles.